The lowest BCUT2D eigenvalue weighted by Crippen LogP contribution is -2.40. The lowest BCUT2D eigenvalue weighted by Gasteiger charge is -2.18. The Morgan fingerprint density at radius 2 is 1.95 bits per heavy atom. The zero-order valence-electron chi connectivity index (χ0n) is 22.4. The highest BCUT2D eigenvalue weighted by atomic mass is 32.1. The Labute approximate surface area is 240 Å². The van der Waals surface area contributed by atoms with Crippen LogP contribution in [0.3, 0.4) is 0 Å². The van der Waals surface area contributed by atoms with Gasteiger partial charge in [-0.15, -0.1) is 11.3 Å². The number of halogens is 1. The van der Waals surface area contributed by atoms with Crippen molar-refractivity contribution in [1.82, 2.24) is 10.3 Å². The number of nitrogens with zero attached hydrogens (tertiary/aromatic N) is 2. The number of pyridine rings is 1. The fraction of sp³-hybridized carbons (Fsp3) is 0.100. The van der Waals surface area contributed by atoms with Gasteiger partial charge in [-0.3, -0.25) is 4.79 Å². The smallest absolute Gasteiger partial charge is 0.340 e. The minimum atomic E-state index is -0.686. The average Bonchev–Trinajstić information content (AvgIpc) is 3.43. The van der Waals surface area contributed by atoms with E-state index in [1.165, 1.54) is 35.7 Å². The molecule has 0 saturated heterocycles. The number of hydrogen-bond donors (Lipinski definition) is 5. The first-order chi connectivity index (χ1) is 19.7. The molecule has 0 bridgehead atoms. The molecule has 2 heterocycles. The fourth-order valence-electron chi connectivity index (χ4n) is 3.97. The summed E-state index contributed by atoms with van der Waals surface area (Å²) >= 11 is 1.47. The highest BCUT2D eigenvalue weighted by Crippen LogP contribution is 2.38. The third-order valence-electron chi connectivity index (χ3n) is 6.07. The maximum Gasteiger partial charge on any atom is 0.340 e. The molecule has 0 aliphatic heterocycles. The molecule has 0 aliphatic rings. The van der Waals surface area contributed by atoms with Crippen LogP contribution in [-0.2, 0) is 4.79 Å². The number of aromatic nitrogens is 1. The van der Waals surface area contributed by atoms with Crippen LogP contribution in [0.25, 0.3) is 21.2 Å². The largest absolute Gasteiger partial charge is 0.405 e. The Balaban J connectivity index is 1.51. The Morgan fingerprint density at radius 3 is 2.66 bits per heavy atom. The Morgan fingerprint density at radius 1 is 1.20 bits per heavy atom. The standard InChI is InChI=1S/C30H28FN7O2S/c1-3-19(12-13-32)29(39)35-14-4-5-21-16-36-28(33)26-23(17-41-27(21)26)20-7-9-22(10-8-20)38(34)30(40)37-25-15-18(2)6-11-24(25)31/h3,6-13,15-17H,14,32,34H2,1-2H3,(H2,33,36)(H,35,39)(H,37,40)/b13-12-,19-3+. The molecular weight excluding hydrogens is 541 g/mol. The zero-order chi connectivity index (χ0) is 29.5. The number of nitrogens with two attached hydrogens (primary N) is 3. The molecule has 0 saturated carbocycles. The van der Waals surface area contributed by atoms with Crippen molar-refractivity contribution in [2.24, 2.45) is 11.6 Å². The summed E-state index contributed by atoms with van der Waals surface area (Å²) in [5, 5.41) is 8.83. The molecule has 8 N–H and O–H groups in total. The third-order valence-corrected chi connectivity index (χ3v) is 7.09. The second-order valence-electron chi connectivity index (χ2n) is 8.83. The van der Waals surface area contributed by atoms with Crippen LogP contribution in [0, 0.1) is 24.6 Å². The molecule has 9 nitrogen and oxygen atoms in total. The van der Waals surface area contributed by atoms with Gasteiger partial charge in [0, 0.05) is 22.7 Å². The van der Waals surface area contributed by atoms with Gasteiger partial charge in [0.15, 0.2) is 0 Å². The number of carbonyl (C=O) groups is 2. The van der Waals surface area contributed by atoms with E-state index in [1.54, 1.807) is 56.5 Å². The second kappa shape index (κ2) is 12.8. The molecular formula is C30H28FN7O2S. The summed E-state index contributed by atoms with van der Waals surface area (Å²) in [5.41, 5.74) is 15.7. The van der Waals surface area contributed by atoms with Crippen molar-refractivity contribution in [2.45, 2.75) is 13.8 Å². The molecule has 3 amide bonds. The Bertz CT molecular complexity index is 1730. The number of amides is 3. The maximum absolute atomic E-state index is 14.1. The number of nitrogens with one attached hydrogen (secondary N) is 2. The summed E-state index contributed by atoms with van der Waals surface area (Å²) in [5.74, 6) is 11.5. The summed E-state index contributed by atoms with van der Waals surface area (Å²) in [4.78, 5) is 29.1. The first-order valence-corrected chi connectivity index (χ1v) is 13.3. The van der Waals surface area contributed by atoms with Gasteiger partial charge < -0.3 is 22.1 Å². The van der Waals surface area contributed by atoms with E-state index in [0.29, 0.717) is 22.6 Å². The number of rotatable bonds is 6. The van der Waals surface area contributed by atoms with Gasteiger partial charge in [-0.1, -0.05) is 36.1 Å². The molecule has 4 rings (SSSR count). The number of hydrazine groups is 1. The van der Waals surface area contributed by atoms with Gasteiger partial charge in [0.1, 0.15) is 11.6 Å². The van der Waals surface area contributed by atoms with Gasteiger partial charge in [-0.05, 0) is 66.9 Å². The molecule has 0 radical (unpaired) electrons. The summed E-state index contributed by atoms with van der Waals surface area (Å²) < 4.78 is 14.9. The number of fused-ring (bicyclic) bond motifs is 1. The van der Waals surface area contributed by atoms with Crippen LogP contribution in [0.4, 0.5) is 26.4 Å². The van der Waals surface area contributed by atoms with Crippen molar-refractivity contribution in [3.63, 3.8) is 0 Å². The molecule has 2 aromatic carbocycles. The molecule has 41 heavy (non-hydrogen) atoms. The maximum atomic E-state index is 14.1. The van der Waals surface area contributed by atoms with E-state index in [-0.39, 0.29) is 18.1 Å². The van der Waals surface area contributed by atoms with Crippen molar-refractivity contribution in [2.75, 3.05) is 22.6 Å². The molecule has 11 heteroatoms. The number of aryl methyl sites for hydroxylation is 1. The van der Waals surface area contributed by atoms with Crippen LogP contribution in [-0.4, -0.2) is 23.5 Å². The summed E-state index contributed by atoms with van der Waals surface area (Å²) in [6, 6.07) is 10.7. The molecule has 2 aromatic heterocycles. The highest BCUT2D eigenvalue weighted by Gasteiger charge is 2.17. The first kappa shape index (κ1) is 28.8. The Hall–Kier alpha value is -5.18. The van der Waals surface area contributed by atoms with Crippen molar-refractivity contribution in [3.8, 4) is 23.0 Å². The lowest BCUT2D eigenvalue weighted by atomic mass is 10.0. The molecule has 4 aromatic rings. The monoisotopic (exact) mass is 569 g/mol. The number of benzene rings is 2. The van der Waals surface area contributed by atoms with Crippen molar-refractivity contribution in [3.05, 3.63) is 94.9 Å². The van der Waals surface area contributed by atoms with E-state index in [9.17, 15) is 14.0 Å². The minimum Gasteiger partial charge on any atom is -0.405 e. The molecule has 0 atom stereocenters. The lowest BCUT2D eigenvalue weighted by molar-refractivity contribution is -0.116. The van der Waals surface area contributed by atoms with Gasteiger partial charge in [-0.25, -0.2) is 25.0 Å². The van der Waals surface area contributed by atoms with E-state index in [0.717, 1.165) is 31.8 Å². The van der Waals surface area contributed by atoms with E-state index in [4.69, 9.17) is 17.3 Å². The summed E-state index contributed by atoms with van der Waals surface area (Å²) in [7, 11) is 0. The van der Waals surface area contributed by atoms with Crippen LogP contribution in [0.15, 0.2) is 78.0 Å². The van der Waals surface area contributed by atoms with E-state index >= 15 is 0 Å². The van der Waals surface area contributed by atoms with Crippen LogP contribution in [0.2, 0.25) is 0 Å². The number of carbonyl (C=O) groups excluding carboxylic acids is 2. The highest BCUT2D eigenvalue weighted by molar-refractivity contribution is 7.18. The minimum absolute atomic E-state index is 0.0439. The van der Waals surface area contributed by atoms with E-state index in [2.05, 4.69) is 27.5 Å². The van der Waals surface area contributed by atoms with E-state index < -0.39 is 11.8 Å². The van der Waals surface area contributed by atoms with Crippen molar-refractivity contribution >= 4 is 50.6 Å². The van der Waals surface area contributed by atoms with E-state index in [1.807, 2.05) is 5.38 Å². The molecule has 0 fully saturated rings. The van der Waals surface area contributed by atoms with Gasteiger partial charge >= 0.3 is 6.03 Å². The predicted molar refractivity (Wildman–Crippen MR) is 163 cm³/mol. The van der Waals surface area contributed by atoms with Gasteiger partial charge in [-0.2, -0.15) is 0 Å². The molecule has 0 spiro atoms. The molecule has 0 aliphatic carbocycles. The normalized spacial score (nSPS) is 11.3. The number of anilines is 3. The number of thiophene rings is 1. The van der Waals surface area contributed by atoms with Crippen LogP contribution < -0.4 is 33.0 Å². The number of hydrogen-bond acceptors (Lipinski definition) is 7. The molecule has 0 unspecified atom stereocenters. The summed E-state index contributed by atoms with van der Waals surface area (Å²) in [6.07, 6.45) is 6.08. The average molecular weight is 570 g/mol. The van der Waals surface area contributed by atoms with Crippen LogP contribution in [0.1, 0.15) is 18.1 Å². The SMILES string of the molecule is C/C=C(\C=C/N)C(=O)NCC#Cc1cnc(N)c2c(-c3ccc(N(N)C(=O)Nc4cc(C)ccc4F)cc3)csc12. The predicted octanol–water partition coefficient (Wildman–Crippen LogP) is 4.79. The number of nitrogen functional groups attached to an aromatic ring is 1. The molecule has 208 valence electrons. The Kier molecular flexibility index (Phi) is 8.98. The topological polar surface area (TPSA) is 152 Å². The zero-order valence-corrected chi connectivity index (χ0v) is 23.2. The summed E-state index contributed by atoms with van der Waals surface area (Å²) in [6.45, 7) is 3.68. The third kappa shape index (κ3) is 6.52. The number of allylic oxidation sites excluding steroid dienone is 1. The van der Waals surface area contributed by atoms with Gasteiger partial charge in [0.25, 0.3) is 5.91 Å². The fourth-order valence-corrected chi connectivity index (χ4v) is 5.02. The quantitative estimate of drug-likeness (QED) is 0.0562. The van der Waals surface area contributed by atoms with Crippen molar-refractivity contribution in [1.29, 1.82) is 0 Å². The second-order valence-corrected chi connectivity index (χ2v) is 9.71. The van der Waals surface area contributed by atoms with Crippen LogP contribution >= 0.6 is 11.3 Å². The first-order valence-electron chi connectivity index (χ1n) is 12.4. The van der Waals surface area contributed by atoms with Gasteiger partial charge in [0.05, 0.1) is 28.2 Å². The van der Waals surface area contributed by atoms with Crippen LogP contribution in [0.5, 0.6) is 0 Å². The van der Waals surface area contributed by atoms with Crippen molar-refractivity contribution < 1.29 is 14.0 Å². The number of urea groups is 1. The van der Waals surface area contributed by atoms with Gasteiger partial charge in [0.2, 0.25) is 0 Å².